The third-order valence-electron chi connectivity index (χ3n) is 2.55. The molecule has 1 aromatic carbocycles. The molecule has 2 aromatic rings. The van der Waals surface area contributed by atoms with Crippen LogP contribution in [0.2, 0.25) is 5.02 Å². The molecule has 1 amide bonds. The average molecular weight is 311 g/mol. The van der Waals surface area contributed by atoms with Gasteiger partial charge in [-0.2, -0.15) is 5.10 Å². The van der Waals surface area contributed by atoms with Crippen LogP contribution in [0.3, 0.4) is 0 Å². The fraction of sp³-hybridized carbons (Fsp3) is 0.167. The SMILES string of the molecule is CCOc1ccc(NC(=O)c2[nH]ncc2Cl)c([N+](=O)[O-])c1. The Morgan fingerprint density at radius 1 is 1.57 bits per heavy atom. The Kier molecular flexibility index (Phi) is 4.39. The van der Waals surface area contributed by atoms with Crippen LogP contribution in [0, 0.1) is 10.1 Å². The van der Waals surface area contributed by atoms with Gasteiger partial charge in [-0.25, -0.2) is 0 Å². The van der Waals surface area contributed by atoms with Crippen LogP contribution < -0.4 is 10.1 Å². The minimum atomic E-state index is -0.621. The summed E-state index contributed by atoms with van der Waals surface area (Å²) in [5.74, 6) is -0.272. The molecule has 0 bridgehead atoms. The van der Waals surface area contributed by atoms with Crippen molar-refractivity contribution in [1.29, 1.82) is 0 Å². The minimum absolute atomic E-state index is 0.0276. The summed E-state index contributed by atoms with van der Waals surface area (Å²) in [5, 5.41) is 19.6. The van der Waals surface area contributed by atoms with Gasteiger partial charge in [-0.3, -0.25) is 20.0 Å². The Balaban J connectivity index is 2.29. The van der Waals surface area contributed by atoms with Gasteiger partial charge >= 0.3 is 0 Å². The third kappa shape index (κ3) is 3.29. The van der Waals surface area contributed by atoms with E-state index in [0.29, 0.717) is 12.4 Å². The van der Waals surface area contributed by atoms with Crippen molar-refractivity contribution >= 4 is 28.9 Å². The lowest BCUT2D eigenvalue weighted by molar-refractivity contribution is -0.384. The molecule has 1 heterocycles. The van der Waals surface area contributed by atoms with Crippen LogP contribution in [0.25, 0.3) is 0 Å². The predicted octanol–water partition coefficient (Wildman–Crippen LogP) is 2.62. The lowest BCUT2D eigenvalue weighted by Crippen LogP contribution is -2.14. The summed E-state index contributed by atoms with van der Waals surface area (Å²) in [4.78, 5) is 22.4. The fourth-order valence-electron chi connectivity index (χ4n) is 1.64. The number of nitro benzene ring substituents is 1. The number of hydrogen-bond donors (Lipinski definition) is 2. The van der Waals surface area contributed by atoms with Gasteiger partial charge in [-0.15, -0.1) is 0 Å². The van der Waals surface area contributed by atoms with Crippen LogP contribution in [-0.2, 0) is 0 Å². The number of carbonyl (C=O) groups is 1. The molecule has 0 saturated carbocycles. The molecule has 8 nitrogen and oxygen atoms in total. The Bertz CT molecular complexity index is 686. The number of ether oxygens (including phenoxy) is 1. The first-order valence-electron chi connectivity index (χ1n) is 5.94. The number of amides is 1. The van der Waals surface area contributed by atoms with Gasteiger partial charge in [-0.05, 0) is 19.1 Å². The number of rotatable bonds is 5. The smallest absolute Gasteiger partial charge is 0.296 e. The van der Waals surface area contributed by atoms with E-state index in [0.717, 1.165) is 0 Å². The van der Waals surface area contributed by atoms with E-state index in [-0.39, 0.29) is 22.1 Å². The second-order valence-electron chi connectivity index (χ2n) is 3.92. The van der Waals surface area contributed by atoms with Crippen molar-refractivity contribution in [3.05, 3.63) is 45.2 Å². The highest BCUT2D eigenvalue weighted by Gasteiger charge is 2.20. The number of nitro groups is 1. The van der Waals surface area contributed by atoms with Crippen molar-refractivity contribution in [2.45, 2.75) is 6.92 Å². The standard InChI is InChI=1S/C12H11ClN4O4/c1-2-21-7-3-4-9(10(5-7)17(19)20)15-12(18)11-8(13)6-14-16-11/h3-6H,2H2,1H3,(H,14,16)(H,15,18). The van der Waals surface area contributed by atoms with Gasteiger partial charge in [0, 0.05) is 0 Å². The molecule has 0 atom stereocenters. The Morgan fingerprint density at radius 3 is 2.90 bits per heavy atom. The van der Waals surface area contributed by atoms with Crippen molar-refractivity contribution in [2.75, 3.05) is 11.9 Å². The van der Waals surface area contributed by atoms with Gasteiger partial charge in [0.2, 0.25) is 0 Å². The molecular formula is C12H11ClN4O4. The van der Waals surface area contributed by atoms with E-state index < -0.39 is 10.8 Å². The van der Waals surface area contributed by atoms with E-state index in [4.69, 9.17) is 16.3 Å². The first-order chi connectivity index (χ1) is 10.0. The van der Waals surface area contributed by atoms with E-state index in [1.54, 1.807) is 6.92 Å². The van der Waals surface area contributed by atoms with Crippen LogP contribution in [0.5, 0.6) is 5.75 Å². The Labute approximate surface area is 124 Å². The molecule has 0 radical (unpaired) electrons. The maximum atomic E-state index is 12.0. The minimum Gasteiger partial charge on any atom is -0.494 e. The van der Waals surface area contributed by atoms with Crippen molar-refractivity contribution in [1.82, 2.24) is 10.2 Å². The third-order valence-corrected chi connectivity index (χ3v) is 2.83. The Hall–Kier alpha value is -2.61. The number of aromatic nitrogens is 2. The second kappa shape index (κ2) is 6.23. The van der Waals surface area contributed by atoms with E-state index in [9.17, 15) is 14.9 Å². The molecule has 1 aromatic heterocycles. The monoisotopic (exact) mass is 310 g/mol. The maximum Gasteiger partial charge on any atom is 0.296 e. The number of halogens is 1. The molecule has 21 heavy (non-hydrogen) atoms. The highest BCUT2D eigenvalue weighted by Crippen LogP contribution is 2.29. The molecule has 0 aliphatic rings. The average Bonchev–Trinajstić information content (AvgIpc) is 2.87. The molecule has 110 valence electrons. The number of aromatic amines is 1. The highest BCUT2D eigenvalue weighted by molar-refractivity contribution is 6.34. The maximum absolute atomic E-state index is 12.0. The van der Waals surface area contributed by atoms with Crippen LogP contribution in [0.15, 0.2) is 24.4 Å². The lowest BCUT2D eigenvalue weighted by atomic mass is 10.2. The van der Waals surface area contributed by atoms with Crippen molar-refractivity contribution < 1.29 is 14.5 Å². The number of carbonyl (C=O) groups excluding carboxylic acids is 1. The number of anilines is 1. The number of nitrogens with zero attached hydrogens (tertiary/aromatic N) is 2. The predicted molar refractivity (Wildman–Crippen MR) is 75.8 cm³/mol. The van der Waals surface area contributed by atoms with E-state index >= 15 is 0 Å². The first-order valence-corrected chi connectivity index (χ1v) is 6.32. The van der Waals surface area contributed by atoms with Gasteiger partial charge in [0.25, 0.3) is 11.6 Å². The van der Waals surface area contributed by atoms with E-state index in [1.165, 1.54) is 24.4 Å². The number of hydrogen-bond acceptors (Lipinski definition) is 5. The zero-order valence-corrected chi connectivity index (χ0v) is 11.7. The molecular weight excluding hydrogens is 300 g/mol. The summed E-state index contributed by atoms with van der Waals surface area (Å²) in [6.07, 6.45) is 1.27. The van der Waals surface area contributed by atoms with Gasteiger partial charge in [-0.1, -0.05) is 11.6 Å². The molecule has 0 fully saturated rings. The first kappa shape index (κ1) is 14.8. The molecule has 0 saturated heterocycles. The van der Waals surface area contributed by atoms with Gasteiger partial charge in [0.15, 0.2) is 0 Å². The van der Waals surface area contributed by atoms with Crippen molar-refractivity contribution in [3.8, 4) is 5.75 Å². The quantitative estimate of drug-likeness (QED) is 0.651. The van der Waals surface area contributed by atoms with Crippen molar-refractivity contribution in [3.63, 3.8) is 0 Å². The topological polar surface area (TPSA) is 110 Å². The van der Waals surface area contributed by atoms with Gasteiger partial charge in [0.1, 0.15) is 17.1 Å². The highest BCUT2D eigenvalue weighted by atomic mass is 35.5. The normalized spacial score (nSPS) is 10.2. The zero-order chi connectivity index (χ0) is 15.4. The van der Waals surface area contributed by atoms with Gasteiger partial charge in [0.05, 0.1) is 28.8 Å². The van der Waals surface area contributed by atoms with E-state index in [1.807, 2.05) is 0 Å². The van der Waals surface area contributed by atoms with Crippen molar-refractivity contribution in [2.24, 2.45) is 0 Å². The second-order valence-corrected chi connectivity index (χ2v) is 4.32. The molecule has 9 heteroatoms. The molecule has 2 N–H and O–H groups in total. The number of H-pyrrole nitrogens is 1. The summed E-state index contributed by atoms with van der Waals surface area (Å²) in [6, 6.07) is 4.17. The van der Waals surface area contributed by atoms with Crippen LogP contribution in [0.4, 0.5) is 11.4 Å². The molecule has 0 unspecified atom stereocenters. The number of benzene rings is 1. The van der Waals surface area contributed by atoms with Gasteiger partial charge < -0.3 is 10.1 Å². The summed E-state index contributed by atoms with van der Waals surface area (Å²) < 4.78 is 5.19. The van der Waals surface area contributed by atoms with E-state index in [2.05, 4.69) is 15.5 Å². The van der Waals surface area contributed by atoms with Crippen LogP contribution >= 0.6 is 11.6 Å². The largest absolute Gasteiger partial charge is 0.494 e. The fourth-order valence-corrected chi connectivity index (χ4v) is 1.82. The molecule has 2 rings (SSSR count). The molecule has 0 aliphatic carbocycles. The molecule has 0 spiro atoms. The summed E-state index contributed by atoms with van der Waals surface area (Å²) in [5.41, 5.74) is -0.205. The zero-order valence-electron chi connectivity index (χ0n) is 10.9. The Morgan fingerprint density at radius 2 is 2.33 bits per heavy atom. The van der Waals surface area contributed by atoms with Crippen LogP contribution in [-0.4, -0.2) is 27.6 Å². The summed E-state index contributed by atoms with van der Waals surface area (Å²) >= 11 is 5.76. The summed E-state index contributed by atoms with van der Waals surface area (Å²) in [7, 11) is 0. The summed E-state index contributed by atoms with van der Waals surface area (Å²) in [6.45, 7) is 2.15. The lowest BCUT2D eigenvalue weighted by Gasteiger charge is -2.07. The number of nitrogens with one attached hydrogen (secondary N) is 2. The van der Waals surface area contributed by atoms with Crippen LogP contribution in [0.1, 0.15) is 17.4 Å². The molecule has 0 aliphatic heterocycles.